The zero-order valence-corrected chi connectivity index (χ0v) is 15.3. The molecule has 0 atom stereocenters. The van der Waals surface area contributed by atoms with Gasteiger partial charge in [-0.2, -0.15) is 0 Å². The number of nitrogens with zero attached hydrogens (tertiary/aromatic N) is 2. The summed E-state index contributed by atoms with van der Waals surface area (Å²) >= 11 is 6.06. The van der Waals surface area contributed by atoms with Gasteiger partial charge in [0.1, 0.15) is 17.5 Å². The standard InChI is InChI=1S/C19H19ClF3N3O/c20-16-9-14(21)2-1-13(16)11-25-5-7-26(8-6-25)12-19(27)24-18-4-3-15(22)10-17(18)23/h1-4,9-10H,5-8,11-12H2,(H,24,27). The summed E-state index contributed by atoms with van der Waals surface area (Å²) < 4.78 is 39.6. The molecule has 0 spiro atoms. The smallest absolute Gasteiger partial charge is 0.238 e. The average Bonchev–Trinajstić information content (AvgIpc) is 2.61. The first-order valence-corrected chi connectivity index (χ1v) is 8.92. The fourth-order valence-electron chi connectivity index (χ4n) is 2.98. The van der Waals surface area contributed by atoms with Crippen LogP contribution in [0.3, 0.4) is 0 Å². The largest absolute Gasteiger partial charge is 0.322 e. The summed E-state index contributed by atoms with van der Waals surface area (Å²) in [5, 5.41) is 2.86. The third-order valence-corrected chi connectivity index (χ3v) is 4.80. The number of anilines is 1. The van der Waals surface area contributed by atoms with Crippen LogP contribution in [0.4, 0.5) is 18.9 Å². The number of hydrogen-bond donors (Lipinski definition) is 1. The van der Waals surface area contributed by atoms with Crippen LogP contribution in [0.1, 0.15) is 5.56 Å². The van der Waals surface area contributed by atoms with Crippen molar-refractivity contribution in [3.63, 3.8) is 0 Å². The van der Waals surface area contributed by atoms with E-state index in [1.165, 1.54) is 18.2 Å². The van der Waals surface area contributed by atoms with Gasteiger partial charge < -0.3 is 5.32 Å². The number of piperazine rings is 1. The molecular weight excluding hydrogens is 379 g/mol. The summed E-state index contributed by atoms with van der Waals surface area (Å²) in [7, 11) is 0. The van der Waals surface area contributed by atoms with E-state index in [0.29, 0.717) is 24.7 Å². The molecule has 8 heteroatoms. The first kappa shape index (κ1) is 19.7. The lowest BCUT2D eigenvalue weighted by Gasteiger charge is -2.34. The van der Waals surface area contributed by atoms with Crippen LogP contribution in [0.5, 0.6) is 0 Å². The lowest BCUT2D eigenvalue weighted by Crippen LogP contribution is -2.48. The molecule has 1 heterocycles. The van der Waals surface area contributed by atoms with E-state index in [-0.39, 0.29) is 24.0 Å². The first-order valence-electron chi connectivity index (χ1n) is 8.54. The monoisotopic (exact) mass is 397 g/mol. The lowest BCUT2D eigenvalue weighted by molar-refractivity contribution is -0.117. The molecule has 1 N–H and O–H groups in total. The summed E-state index contributed by atoms with van der Waals surface area (Å²) in [5.74, 6) is -2.21. The second kappa shape index (κ2) is 8.73. The highest BCUT2D eigenvalue weighted by molar-refractivity contribution is 6.31. The molecule has 0 radical (unpaired) electrons. The summed E-state index contributed by atoms with van der Waals surface area (Å²) in [5.41, 5.74) is 0.821. The fraction of sp³-hybridized carbons (Fsp3) is 0.316. The number of nitrogens with one attached hydrogen (secondary N) is 1. The third kappa shape index (κ3) is 5.45. The number of carbonyl (C=O) groups excluding carboxylic acids is 1. The number of benzene rings is 2. The van der Waals surface area contributed by atoms with Crippen molar-refractivity contribution < 1.29 is 18.0 Å². The highest BCUT2D eigenvalue weighted by Gasteiger charge is 2.20. The van der Waals surface area contributed by atoms with Crippen molar-refractivity contribution in [2.24, 2.45) is 0 Å². The van der Waals surface area contributed by atoms with Crippen molar-refractivity contribution in [1.82, 2.24) is 9.80 Å². The van der Waals surface area contributed by atoms with Crippen LogP contribution in [0.2, 0.25) is 5.02 Å². The molecule has 144 valence electrons. The number of rotatable bonds is 5. The van der Waals surface area contributed by atoms with Crippen LogP contribution in [0.15, 0.2) is 36.4 Å². The highest BCUT2D eigenvalue weighted by atomic mass is 35.5. The first-order chi connectivity index (χ1) is 12.9. The minimum atomic E-state index is -0.802. The molecular formula is C19H19ClF3N3O. The minimum absolute atomic E-state index is 0.0361. The Kier molecular flexibility index (Phi) is 6.36. The predicted octanol–water partition coefficient (Wildman–Crippen LogP) is 3.51. The Morgan fingerprint density at radius 2 is 1.59 bits per heavy atom. The fourth-order valence-corrected chi connectivity index (χ4v) is 3.21. The van der Waals surface area contributed by atoms with Gasteiger partial charge in [0, 0.05) is 43.8 Å². The van der Waals surface area contributed by atoms with Crippen molar-refractivity contribution in [2.45, 2.75) is 6.54 Å². The Bertz CT molecular complexity index is 826. The van der Waals surface area contributed by atoms with E-state index < -0.39 is 11.6 Å². The van der Waals surface area contributed by atoms with E-state index in [1.54, 1.807) is 6.07 Å². The Hall–Kier alpha value is -2.09. The van der Waals surface area contributed by atoms with Crippen LogP contribution in [-0.4, -0.2) is 48.4 Å². The maximum Gasteiger partial charge on any atom is 0.238 e. The molecule has 0 unspecified atom stereocenters. The number of hydrogen-bond acceptors (Lipinski definition) is 3. The lowest BCUT2D eigenvalue weighted by atomic mass is 10.2. The number of amides is 1. The highest BCUT2D eigenvalue weighted by Crippen LogP contribution is 2.20. The van der Waals surface area contributed by atoms with Crippen molar-refractivity contribution in [2.75, 3.05) is 38.0 Å². The molecule has 1 aliphatic heterocycles. The Balaban J connectivity index is 1.47. The average molecular weight is 398 g/mol. The van der Waals surface area contributed by atoms with Gasteiger partial charge in [-0.25, -0.2) is 13.2 Å². The van der Waals surface area contributed by atoms with Crippen LogP contribution < -0.4 is 5.32 Å². The third-order valence-electron chi connectivity index (χ3n) is 4.45. The van der Waals surface area contributed by atoms with Crippen LogP contribution in [0.25, 0.3) is 0 Å². The van der Waals surface area contributed by atoms with Crippen LogP contribution in [0, 0.1) is 17.5 Å². The Morgan fingerprint density at radius 3 is 2.26 bits per heavy atom. The van der Waals surface area contributed by atoms with Gasteiger partial charge in [0.05, 0.1) is 12.2 Å². The maximum absolute atomic E-state index is 13.6. The Labute approximate surface area is 160 Å². The normalized spacial score (nSPS) is 15.7. The van der Waals surface area contributed by atoms with Gasteiger partial charge in [-0.1, -0.05) is 17.7 Å². The quantitative estimate of drug-likeness (QED) is 0.838. The minimum Gasteiger partial charge on any atom is -0.322 e. The molecule has 27 heavy (non-hydrogen) atoms. The number of halogens is 4. The van der Waals surface area contributed by atoms with Crippen LogP contribution >= 0.6 is 11.6 Å². The second-order valence-corrected chi connectivity index (χ2v) is 6.87. The van der Waals surface area contributed by atoms with E-state index in [2.05, 4.69) is 10.2 Å². The molecule has 2 aromatic rings. The molecule has 1 aliphatic rings. The van der Waals surface area contributed by atoms with Crippen molar-refractivity contribution >= 4 is 23.2 Å². The molecule has 0 saturated carbocycles. The molecule has 0 bridgehead atoms. The van der Waals surface area contributed by atoms with E-state index in [9.17, 15) is 18.0 Å². The van der Waals surface area contributed by atoms with E-state index in [4.69, 9.17) is 11.6 Å². The second-order valence-electron chi connectivity index (χ2n) is 6.46. The zero-order valence-electron chi connectivity index (χ0n) is 14.5. The van der Waals surface area contributed by atoms with Gasteiger partial charge in [-0.05, 0) is 29.8 Å². The number of carbonyl (C=O) groups is 1. The van der Waals surface area contributed by atoms with E-state index >= 15 is 0 Å². The van der Waals surface area contributed by atoms with Gasteiger partial charge >= 0.3 is 0 Å². The summed E-state index contributed by atoms with van der Waals surface area (Å²) in [6.45, 7) is 3.52. The van der Waals surface area contributed by atoms with Gasteiger partial charge in [0.15, 0.2) is 0 Å². The summed E-state index contributed by atoms with van der Waals surface area (Å²) in [6.07, 6.45) is 0. The van der Waals surface area contributed by atoms with Gasteiger partial charge in [0.25, 0.3) is 0 Å². The van der Waals surface area contributed by atoms with Crippen molar-refractivity contribution in [3.05, 3.63) is 64.4 Å². The van der Waals surface area contributed by atoms with Gasteiger partial charge in [0.2, 0.25) is 5.91 Å². The molecule has 1 saturated heterocycles. The Morgan fingerprint density at radius 1 is 0.963 bits per heavy atom. The van der Waals surface area contributed by atoms with Gasteiger partial charge in [-0.15, -0.1) is 0 Å². The molecule has 4 nitrogen and oxygen atoms in total. The predicted molar refractivity (Wildman–Crippen MR) is 98.1 cm³/mol. The van der Waals surface area contributed by atoms with Crippen molar-refractivity contribution in [3.8, 4) is 0 Å². The SMILES string of the molecule is O=C(CN1CCN(Cc2ccc(F)cc2Cl)CC1)Nc1ccc(F)cc1F. The topological polar surface area (TPSA) is 35.6 Å². The van der Waals surface area contributed by atoms with E-state index in [1.807, 2.05) is 4.90 Å². The molecule has 0 aliphatic carbocycles. The maximum atomic E-state index is 13.6. The van der Waals surface area contributed by atoms with Gasteiger partial charge in [-0.3, -0.25) is 14.6 Å². The molecule has 1 fully saturated rings. The van der Waals surface area contributed by atoms with Crippen LogP contribution in [-0.2, 0) is 11.3 Å². The zero-order chi connectivity index (χ0) is 19.4. The summed E-state index contributed by atoms with van der Waals surface area (Å²) in [4.78, 5) is 16.2. The molecule has 2 aromatic carbocycles. The molecule has 3 rings (SSSR count). The summed E-state index contributed by atoms with van der Waals surface area (Å²) in [6, 6.07) is 7.39. The molecule has 1 amide bonds. The van der Waals surface area contributed by atoms with Crippen molar-refractivity contribution in [1.29, 1.82) is 0 Å². The van der Waals surface area contributed by atoms with E-state index in [0.717, 1.165) is 30.8 Å². The molecule has 0 aromatic heterocycles.